The van der Waals surface area contributed by atoms with Gasteiger partial charge in [0.15, 0.2) is 0 Å². The SMILES string of the molecule is CCO[Si](CC)(OCC)OCC.CC[Si](OC)(OC)OC.CO[Si](OC)(OC)OC. The average molecular weight is 495 g/mol. The van der Waals surface area contributed by atoms with Gasteiger partial charge in [0.05, 0.1) is 0 Å². The minimum Gasteiger partial charge on any atom is -0.377 e. The van der Waals surface area contributed by atoms with E-state index in [9.17, 15) is 0 Å². The lowest BCUT2D eigenvalue weighted by atomic mass is 10.9. The minimum atomic E-state index is -2.69. The summed E-state index contributed by atoms with van der Waals surface area (Å²) in [5.74, 6) is 0. The number of hydrogen-bond acceptors (Lipinski definition) is 10. The molecule has 0 aliphatic heterocycles. The standard InChI is InChI=1S/C8H20O3Si.C5H14O3Si.C4H12O4Si/c1-5-9-12(8-4,10-6-2)11-7-3;2*1-5-9(6-2,7-3)8-4/h5-8H2,1-4H3;5H2,1-4H3;1-4H3. The number of hydrogen-bond donors (Lipinski definition) is 0. The number of rotatable bonds is 15. The molecule has 0 aliphatic rings. The van der Waals surface area contributed by atoms with Crippen LogP contribution in [0.2, 0.25) is 12.1 Å². The Morgan fingerprint density at radius 3 is 0.733 bits per heavy atom. The van der Waals surface area contributed by atoms with Crippen LogP contribution in [0.1, 0.15) is 34.6 Å². The molecule has 0 bridgehead atoms. The molecule has 13 heteroatoms. The highest BCUT2D eigenvalue weighted by atomic mass is 28.4. The normalized spacial score (nSPS) is 12.0. The van der Waals surface area contributed by atoms with E-state index in [1.165, 1.54) is 28.4 Å². The van der Waals surface area contributed by atoms with Crippen molar-refractivity contribution in [1.82, 2.24) is 0 Å². The molecular weight excluding hydrogens is 448 g/mol. The summed E-state index contributed by atoms with van der Waals surface area (Å²) in [5.41, 5.74) is 0. The van der Waals surface area contributed by atoms with Crippen molar-refractivity contribution in [3.05, 3.63) is 0 Å². The summed E-state index contributed by atoms with van der Waals surface area (Å²) >= 11 is 0. The third kappa shape index (κ3) is 13.6. The highest BCUT2D eigenvalue weighted by Gasteiger charge is 2.40. The topological polar surface area (TPSA) is 92.3 Å². The highest BCUT2D eigenvalue weighted by Crippen LogP contribution is 2.14. The molecule has 0 saturated carbocycles. The second-order valence-corrected chi connectivity index (χ2v) is 14.2. The van der Waals surface area contributed by atoms with Gasteiger partial charge in [0.2, 0.25) is 0 Å². The van der Waals surface area contributed by atoms with Crippen LogP contribution in [-0.2, 0) is 44.3 Å². The lowest BCUT2D eigenvalue weighted by molar-refractivity contribution is 0.0226. The van der Waals surface area contributed by atoms with Crippen LogP contribution in [0.15, 0.2) is 0 Å². The average Bonchev–Trinajstić information content (AvgIpc) is 2.79. The summed E-state index contributed by atoms with van der Waals surface area (Å²) < 4.78 is 51.3. The van der Waals surface area contributed by atoms with Gasteiger partial charge in [-0.3, -0.25) is 0 Å². The second kappa shape index (κ2) is 21.1. The van der Waals surface area contributed by atoms with Gasteiger partial charge >= 0.3 is 26.7 Å². The van der Waals surface area contributed by atoms with Gasteiger partial charge in [-0.2, -0.15) is 0 Å². The van der Waals surface area contributed by atoms with Crippen LogP contribution in [0, 0.1) is 0 Å². The molecule has 30 heavy (non-hydrogen) atoms. The van der Waals surface area contributed by atoms with Crippen LogP contribution < -0.4 is 0 Å². The fraction of sp³-hybridized carbons (Fsp3) is 1.00. The molecule has 0 aromatic rings. The molecule has 0 aromatic heterocycles. The molecule has 186 valence electrons. The summed E-state index contributed by atoms with van der Waals surface area (Å²) in [4.78, 5) is 0. The molecule has 0 unspecified atom stereocenters. The van der Waals surface area contributed by atoms with Gasteiger partial charge in [0.25, 0.3) is 0 Å². The Morgan fingerprint density at radius 2 is 0.667 bits per heavy atom. The maximum atomic E-state index is 5.55. The third-order valence-electron chi connectivity index (χ3n) is 3.89. The van der Waals surface area contributed by atoms with Crippen molar-refractivity contribution >= 4 is 26.7 Å². The molecule has 0 heterocycles. The Kier molecular flexibility index (Phi) is 24.5. The van der Waals surface area contributed by atoms with Crippen LogP contribution in [0.5, 0.6) is 0 Å². The van der Waals surface area contributed by atoms with Gasteiger partial charge in [-0.05, 0) is 20.8 Å². The van der Waals surface area contributed by atoms with Crippen LogP contribution in [0.25, 0.3) is 0 Å². The van der Waals surface area contributed by atoms with E-state index in [1.54, 1.807) is 21.3 Å². The molecule has 0 fully saturated rings. The fourth-order valence-corrected chi connectivity index (χ4v) is 6.82. The molecular formula is C17H46O10Si3. The summed E-state index contributed by atoms with van der Waals surface area (Å²) in [6.45, 7) is 11.9. The lowest BCUT2D eigenvalue weighted by Gasteiger charge is -2.26. The predicted octanol–water partition coefficient (Wildman–Crippen LogP) is 2.95. The van der Waals surface area contributed by atoms with Gasteiger partial charge < -0.3 is 44.3 Å². The molecule has 0 aliphatic carbocycles. The van der Waals surface area contributed by atoms with Crippen molar-refractivity contribution in [1.29, 1.82) is 0 Å². The molecule has 10 nitrogen and oxygen atoms in total. The smallest absolute Gasteiger partial charge is 0.377 e. The Bertz CT molecular complexity index is 287. The van der Waals surface area contributed by atoms with Crippen molar-refractivity contribution in [3.8, 4) is 0 Å². The minimum absolute atomic E-state index is 0.667. The van der Waals surface area contributed by atoms with Gasteiger partial charge in [-0.25, -0.2) is 0 Å². The first-order valence-corrected chi connectivity index (χ1v) is 15.5. The molecule has 0 aromatic carbocycles. The Morgan fingerprint density at radius 1 is 0.400 bits per heavy atom. The van der Waals surface area contributed by atoms with E-state index in [4.69, 9.17) is 44.3 Å². The van der Waals surface area contributed by atoms with Gasteiger partial charge in [0.1, 0.15) is 0 Å². The molecule has 0 saturated heterocycles. The fourth-order valence-electron chi connectivity index (χ4n) is 2.27. The maximum Gasteiger partial charge on any atom is 0.678 e. The van der Waals surface area contributed by atoms with E-state index in [0.717, 1.165) is 12.1 Å². The maximum absolute atomic E-state index is 5.55. The molecule has 0 atom stereocenters. The molecule has 0 N–H and O–H groups in total. The van der Waals surface area contributed by atoms with Crippen LogP contribution in [0.4, 0.5) is 0 Å². The zero-order chi connectivity index (χ0) is 24.1. The summed E-state index contributed by atoms with van der Waals surface area (Å²) in [6, 6.07) is 1.67. The Hall–Kier alpha value is 0.251. The van der Waals surface area contributed by atoms with E-state index in [-0.39, 0.29) is 0 Å². The van der Waals surface area contributed by atoms with Gasteiger partial charge in [0, 0.05) is 81.7 Å². The van der Waals surface area contributed by atoms with Crippen molar-refractivity contribution in [3.63, 3.8) is 0 Å². The van der Waals surface area contributed by atoms with Crippen molar-refractivity contribution in [2.45, 2.75) is 46.7 Å². The quantitative estimate of drug-likeness (QED) is 0.316. The third-order valence-corrected chi connectivity index (χ3v) is 11.7. The first kappa shape index (κ1) is 34.9. The molecule has 0 spiro atoms. The highest BCUT2D eigenvalue weighted by molar-refractivity contribution is 6.60. The Balaban J connectivity index is -0.000000371. The van der Waals surface area contributed by atoms with Crippen LogP contribution >= 0.6 is 0 Å². The van der Waals surface area contributed by atoms with E-state index >= 15 is 0 Å². The van der Waals surface area contributed by atoms with E-state index in [1.807, 2.05) is 34.6 Å². The zero-order valence-electron chi connectivity index (χ0n) is 21.1. The van der Waals surface area contributed by atoms with Crippen molar-refractivity contribution < 1.29 is 44.3 Å². The van der Waals surface area contributed by atoms with Crippen LogP contribution in [-0.4, -0.2) is 96.2 Å². The predicted molar refractivity (Wildman–Crippen MR) is 122 cm³/mol. The molecule has 0 rings (SSSR count). The first-order valence-electron chi connectivity index (χ1n) is 10.0. The summed E-state index contributed by atoms with van der Waals surface area (Å²) in [5, 5.41) is 0. The lowest BCUT2D eigenvalue weighted by Crippen LogP contribution is -2.45. The van der Waals surface area contributed by atoms with E-state index in [2.05, 4.69) is 0 Å². The van der Waals surface area contributed by atoms with Crippen molar-refractivity contribution in [2.75, 3.05) is 69.6 Å². The summed E-state index contributed by atoms with van der Waals surface area (Å²) in [6.07, 6.45) is 0. The first-order chi connectivity index (χ1) is 14.2. The van der Waals surface area contributed by atoms with Gasteiger partial charge in [-0.15, -0.1) is 0 Å². The Labute approximate surface area is 187 Å². The largest absolute Gasteiger partial charge is 0.678 e. The molecule has 0 radical (unpaired) electrons. The monoisotopic (exact) mass is 494 g/mol. The van der Waals surface area contributed by atoms with Crippen LogP contribution in [0.3, 0.4) is 0 Å². The van der Waals surface area contributed by atoms with E-state index < -0.39 is 26.7 Å². The van der Waals surface area contributed by atoms with Crippen molar-refractivity contribution in [2.24, 2.45) is 0 Å². The summed E-state index contributed by atoms with van der Waals surface area (Å²) in [7, 11) is 3.64. The van der Waals surface area contributed by atoms with Gasteiger partial charge in [-0.1, -0.05) is 13.8 Å². The molecule has 0 amide bonds. The second-order valence-electron chi connectivity index (χ2n) is 5.30. The van der Waals surface area contributed by atoms with E-state index in [0.29, 0.717) is 19.8 Å². The zero-order valence-corrected chi connectivity index (χ0v) is 24.1.